The molecule has 2 aromatic rings. The summed E-state index contributed by atoms with van der Waals surface area (Å²) in [6, 6.07) is 4.07. The summed E-state index contributed by atoms with van der Waals surface area (Å²) < 4.78 is 1.95. The van der Waals surface area contributed by atoms with Gasteiger partial charge in [0, 0.05) is 12.6 Å². The first kappa shape index (κ1) is 10.9. The number of carbonyl (C=O) groups excluding carboxylic acids is 1. The number of carbonyl (C=O) groups is 1. The van der Waals surface area contributed by atoms with Crippen LogP contribution in [0.4, 0.5) is 0 Å². The molecule has 3 nitrogen and oxygen atoms in total. The Balaban J connectivity index is 2.81. The van der Waals surface area contributed by atoms with Crippen molar-refractivity contribution in [2.24, 2.45) is 7.05 Å². The van der Waals surface area contributed by atoms with Gasteiger partial charge in [-0.15, -0.1) is 0 Å². The lowest BCUT2D eigenvalue weighted by Crippen LogP contribution is -1.98. The molecule has 0 atom stereocenters. The quantitative estimate of drug-likeness (QED) is 0.723. The number of hydrogen-bond donors (Lipinski definition) is 0. The Hall–Kier alpha value is -1.64. The predicted molar refractivity (Wildman–Crippen MR) is 64.8 cm³/mol. The highest BCUT2D eigenvalue weighted by Crippen LogP contribution is 2.24. The molecule has 0 spiro atoms. The lowest BCUT2D eigenvalue weighted by Gasteiger charge is -2.08. The van der Waals surface area contributed by atoms with E-state index in [9.17, 15) is 4.79 Å². The van der Waals surface area contributed by atoms with Crippen molar-refractivity contribution in [3.05, 3.63) is 29.6 Å². The van der Waals surface area contributed by atoms with Crippen LogP contribution in [0.25, 0.3) is 11.0 Å². The van der Waals surface area contributed by atoms with E-state index in [4.69, 9.17) is 0 Å². The second kappa shape index (κ2) is 3.74. The average molecular weight is 216 g/mol. The third-order valence-corrected chi connectivity index (χ3v) is 2.90. The molecule has 1 aromatic carbocycles. The molecule has 0 aliphatic rings. The van der Waals surface area contributed by atoms with Gasteiger partial charge in [0.2, 0.25) is 0 Å². The number of Topliss-reactive ketones (excluding diaryl/α,β-unsaturated/α-hetero) is 1. The number of aryl methyl sites for hydroxylation is 1. The summed E-state index contributed by atoms with van der Waals surface area (Å²) in [5, 5.41) is 0. The molecule has 0 aliphatic carbocycles. The van der Waals surface area contributed by atoms with Crippen molar-refractivity contribution in [2.45, 2.75) is 26.7 Å². The van der Waals surface area contributed by atoms with E-state index in [2.05, 4.69) is 24.9 Å². The number of nitrogens with zero attached hydrogens (tertiary/aromatic N) is 2. The van der Waals surface area contributed by atoms with Crippen LogP contribution in [0.1, 0.15) is 42.6 Å². The molecule has 1 heterocycles. The zero-order valence-electron chi connectivity index (χ0n) is 10.1. The van der Waals surface area contributed by atoms with Crippen LogP contribution in [0.5, 0.6) is 0 Å². The van der Waals surface area contributed by atoms with E-state index < -0.39 is 0 Å². The summed E-state index contributed by atoms with van der Waals surface area (Å²) in [5.41, 5.74) is 3.74. The molecule has 0 bridgehead atoms. The van der Waals surface area contributed by atoms with Crippen LogP contribution >= 0.6 is 0 Å². The van der Waals surface area contributed by atoms with Crippen LogP contribution < -0.4 is 0 Å². The number of ketones is 1. The Morgan fingerprint density at radius 3 is 2.62 bits per heavy atom. The highest BCUT2D eigenvalue weighted by molar-refractivity contribution is 6.05. The number of aromatic nitrogens is 2. The van der Waals surface area contributed by atoms with Crippen molar-refractivity contribution in [2.75, 3.05) is 0 Å². The van der Waals surface area contributed by atoms with Crippen LogP contribution in [0.3, 0.4) is 0 Å². The number of rotatable bonds is 2. The standard InChI is InChI=1S/C13H16N2O/c1-8(2)10-5-11(9(3)16)13-12(6-10)15(4)7-14-13/h5-8H,1-4H3. The third kappa shape index (κ3) is 1.62. The van der Waals surface area contributed by atoms with E-state index >= 15 is 0 Å². The SMILES string of the molecule is CC(=O)c1cc(C(C)C)cc2c1ncn2C. The van der Waals surface area contributed by atoms with Crippen LogP contribution in [0.2, 0.25) is 0 Å². The summed E-state index contributed by atoms with van der Waals surface area (Å²) in [4.78, 5) is 15.9. The molecule has 3 heteroatoms. The predicted octanol–water partition coefficient (Wildman–Crippen LogP) is 2.90. The second-order valence-corrected chi connectivity index (χ2v) is 4.50. The van der Waals surface area contributed by atoms with E-state index in [-0.39, 0.29) is 5.78 Å². The monoisotopic (exact) mass is 216 g/mol. The maximum atomic E-state index is 11.6. The number of hydrogen-bond acceptors (Lipinski definition) is 2. The first-order valence-corrected chi connectivity index (χ1v) is 5.46. The molecule has 0 radical (unpaired) electrons. The minimum atomic E-state index is 0.0752. The first-order valence-electron chi connectivity index (χ1n) is 5.46. The van der Waals surface area contributed by atoms with Crippen molar-refractivity contribution in [3.63, 3.8) is 0 Å². The zero-order valence-corrected chi connectivity index (χ0v) is 10.1. The molecular weight excluding hydrogens is 200 g/mol. The van der Waals surface area contributed by atoms with Crippen molar-refractivity contribution in [1.82, 2.24) is 9.55 Å². The molecule has 0 N–H and O–H groups in total. The second-order valence-electron chi connectivity index (χ2n) is 4.50. The highest BCUT2D eigenvalue weighted by Gasteiger charge is 2.13. The number of imidazole rings is 1. The topological polar surface area (TPSA) is 34.9 Å². The molecule has 2 rings (SSSR count). The van der Waals surface area contributed by atoms with E-state index in [1.54, 1.807) is 13.3 Å². The molecule has 16 heavy (non-hydrogen) atoms. The van der Waals surface area contributed by atoms with Gasteiger partial charge in [0.05, 0.1) is 17.4 Å². The Kier molecular flexibility index (Phi) is 2.54. The normalized spacial score (nSPS) is 11.3. The van der Waals surface area contributed by atoms with Gasteiger partial charge in [-0.1, -0.05) is 13.8 Å². The van der Waals surface area contributed by atoms with Crippen LogP contribution in [-0.2, 0) is 7.05 Å². The lowest BCUT2D eigenvalue weighted by atomic mass is 9.98. The minimum absolute atomic E-state index is 0.0752. The maximum absolute atomic E-state index is 11.6. The van der Waals surface area contributed by atoms with Crippen LogP contribution in [0, 0.1) is 0 Å². The number of fused-ring (bicyclic) bond motifs is 1. The van der Waals surface area contributed by atoms with Gasteiger partial charge in [-0.25, -0.2) is 4.98 Å². The van der Waals surface area contributed by atoms with Crippen LogP contribution in [-0.4, -0.2) is 15.3 Å². The fourth-order valence-corrected chi connectivity index (χ4v) is 1.85. The van der Waals surface area contributed by atoms with E-state index in [1.165, 1.54) is 5.56 Å². The average Bonchev–Trinajstić information content (AvgIpc) is 2.59. The van der Waals surface area contributed by atoms with Crippen molar-refractivity contribution in [1.29, 1.82) is 0 Å². The van der Waals surface area contributed by atoms with Gasteiger partial charge in [-0.2, -0.15) is 0 Å². The molecule has 0 amide bonds. The van der Waals surface area contributed by atoms with Gasteiger partial charge in [-0.05, 0) is 30.5 Å². The summed E-state index contributed by atoms with van der Waals surface area (Å²) in [7, 11) is 1.95. The number of benzene rings is 1. The van der Waals surface area contributed by atoms with Crippen molar-refractivity contribution < 1.29 is 4.79 Å². The van der Waals surface area contributed by atoms with Gasteiger partial charge in [-0.3, -0.25) is 4.79 Å². The van der Waals surface area contributed by atoms with Gasteiger partial charge >= 0.3 is 0 Å². The molecule has 1 aromatic heterocycles. The Bertz CT molecular complexity index is 552. The van der Waals surface area contributed by atoms with Gasteiger partial charge < -0.3 is 4.57 Å². The smallest absolute Gasteiger partial charge is 0.162 e. The first-order chi connectivity index (χ1) is 7.50. The fraction of sp³-hybridized carbons (Fsp3) is 0.385. The summed E-state index contributed by atoms with van der Waals surface area (Å²) in [6.45, 7) is 5.84. The highest BCUT2D eigenvalue weighted by atomic mass is 16.1. The fourth-order valence-electron chi connectivity index (χ4n) is 1.85. The zero-order chi connectivity index (χ0) is 11.9. The van der Waals surface area contributed by atoms with Gasteiger partial charge in [0.15, 0.2) is 5.78 Å². The van der Waals surface area contributed by atoms with E-state index in [0.29, 0.717) is 5.92 Å². The van der Waals surface area contributed by atoms with Crippen molar-refractivity contribution in [3.8, 4) is 0 Å². The summed E-state index contributed by atoms with van der Waals surface area (Å²) in [6.07, 6.45) is 1.75. The molecular formula is C13H16N2O. The maximum Gasteiger partial charge on any atom is 0.162 e. The molecule has 0 saturated carbocycles. The Morgan fingerprint density at radius 2 is 2.06 bits per heavy atom. The van der Waals surface area contributed by atoms with Crippen molar-refractivity contribution >= 4 is 16.8 Å². The third-order valence-electron chi connectivity index (χ3n) is 2.90. The van der Waals surface area contributed by atoms with Gasteiger partial charge in [0.25, 0.3) is 0 Å². The Morgan fingerprint density at radius 1 is 1.38 bits per heavy atom. The van der Waals surface area contributed by atoms with E-state index in [1.807, 2.05) is 17.7 Å². The Labute approximate surface area is 95.1 Å². The molecule has 0 aliphatic heterocycles. The molecule has 0 fully saturated rings. The lowest BCUT2D eigenvalue weighted by molar-refractivity contribution is 0.101. The largest absolute Gasteiger partial charge is 0.334 e. The molecule has 0 unspecified atom stereocenters. The molecule has 0 saturated heterocycles. The van der Waals surface area contributed by atoms with Gasteiger partial charge in [0.1, 0.15) is 0 Å². The summed E-state index contributed by atoms with van der Waals surface area (Å²) in [5.74, 6) is 0.489. The molecule has 84 valence electrons. The van der Waals surface area contributed by atoms with E-state index in [0.717, 1.165) is 16.6 Å². The summed E-state index contributed by atoms with van der Waals surface area (Å²) >= 11 is 0. The van der Waals surface area contributed by atoms with Crippen LogP contribution in [0.15, 0.2) is 18.5 Å². The minimum Gasteiger partial charge on any atom is -0.334 e.